The Bertz CT molecular complexity index is 1070. The summed E-state index contributed by atoms with van der Waals surface area (Å²) in [5.74, 6) is -0.385. The van der Waals surface area contributed by atoms with Gasteiger partial charge in [0.25, 0.3) is 11.8 Å². The summed E-state index contributed by atoms with van der Waals surface area (Å²) in [6, 6.07) is 16.0. The Hall–Kier alpha value is -3.58. The molecule has 0 saturated carbocycles. The molecule has 1 fully saturated rings. The standard InChI is InChI=1S/C24H26N4O3/c1-17-15-20(8-9-21(17)28-12-10-27(2)11-13-28)25-23(29)18-5-3-6-19(16-18)26-24(30)22-7-4-14-31-22/h3-9,14-16H,10-13H2,1-2H3,(H,25,29)(H,26,30). The zero-order chi connectivity index (χ0) is 21.8. The number of aryl methyl sites for hydroxylation is 1. The van der Waals surface area contributed by atoms with Crippen LogP contribution >= 0.6 is 0 Å². The Morgan fingerprint density at radius 2 is 1.61 bits per heavy atom. The fourth-order valence-corrected chi connectivity index (χ4v) is 3.68. The van der Waals surface area contributed by atoms with E-state index >= 15 is 0 Å². The smallest absolute Gasteiger partial charge is 0.291 e. The summed E-state index contributed by atoms with van der Waals surface area (Å²) in [5, 5.41) is 5.69. The summed E-state index contributed by atoms with van der Waals surface area (Å²) < 4.78 is 5.10. The fraction of sp³-hybridized carbons (Fsp3) is 0.250. The maximum absolute atomic E-state index is 12.8. The zero-order valence-electron chi connectivity index (χ0n) is 17.7. The highest BCUT2D eigenvalue weighted by Gasteiger charge is 2.17. The third kappa shape index (κ3) is 4.95. The van der Waals surface area contributed by atoms with Gasteiger partial charge in [-0.3, -0.25) is 9.59 Å². The summed E-state index contributed by atoms with van der Waals surface area (Å²) in [4.78, 5) is 29.6. The Balaban J connectivity index is 1.42. The third-order valence-corrected chi connectivity index (χ3v) is 5.43. The number of anilines is 3. The second-order valence-corrected chi connectivity index (χ2v) is 7.76. The summed E-state index contributed by atoms with van der Waals surface area (Å²) >= 11 is 0. The number of benzene rings is 2. The number of nitrogens with zero attached hydrogens (tertiary/aromatic N) is 2. The van der Waals surface area contributed by atoms with E-state index in [2.05, 4.69) is 40.5 Å². The topological polar surface area (TPSA) is 77.8 Å². The summed E-state index contributed by atoms with van der Waals surface area (Å²) in [7, 11) is 2.14. The molecular formula is C24H26N4O3. The molecule has 1 saturated heterocycles. The number of hydrogen-bond donors (Lipinski definition) is 2. The van der Waals surface area contributed by atoms with Gasteiger partial charge in [0.2, 0.25) is 0 Å². The van der Waals surface area contributed by atoms with Crippen molar-refractivity contribution in [2.45, 2.75) is 6.92 Å². The number of carbonyl (C=O) groups is 2. The number of likely N-dealkylation sites (N-methyl/N-ethyl adjacent to an activating group) is 1. The van der Waals surface area contributed by atoms with E-state index in [1.54, 1.807) is 36.4 Å². The summed E-state index contributed by atoms with van der Waals surface area (Å²) in [5.41, 5.74) is 4.05. The van der Waals surface area contributed by atoms with Gasteiger partial charge in [0.15, 0.2) is 5.76 Å². The van der Waals surface area contributed by atoms with Gasteiger partial charge in [0, 0.05) is 48.8 Å². The number of amides is 2. The van der Waals surface area contributed by atoms with Crippen molar-refractivity contribution in [1.29, 1.82) is 0 Å². The van der Waals surface area contributed by atoms with Crippen molar-refractivity contribution in [3.05, 3.63) is 77.7 Å². The van der Waals surface area contributed by atoms with Crippen molar-refractivity contribution in [2.75, 3.05) is 48.8 Å². The van der Waals surface area contributed by atoms with Crippen molar-refractivity contribution in [1.82, 2.24) is 4.90 Å². The molecule has 2 aromatic carbocycles. The molecular weight excluding hydrogens is 392 g/mol. The summed E-state index contributed by atoms with van der Waals surface area (Å²) in [6.07, 6.45) is 1.44. The lowest BCUT2D eigenvalue weighted by atomic mass is 10.1. The molecule has 2 amide bonds. The molecule has 2 heterocycles. The van der Waals surface area contributed by atoms with Gasteiger partial charge >= 0.3 is 0 Å². The minimum atomic E-state index is -0.363. The number of piperazine rings is 1. The molecule has 160 valence electrons. The number of carbonyl (C=O) groups excluding carboxylic acids is 2. The predicted octanol–water partition coefficient (Wildman–Crippen LogP) is 3.84. The first-order valence-corrected chi connectivity index (χ1v) is 10.3. The molecule has 31 heavy (non-hydrogen) atoms. The number of nitrogens with one attached hydrogen (secondary N) is 2. The molecule has 3 aromatic rings. The van der Waals surface area contributed by atoms with Gasteiger partial charge < -0.3 is 24.9 Å². The van der Waals surface area contributed by atoms with Crippen molar-refractivity contribution in [2.24, 2.45) is 0 Å². The molecule has 0 aliphatic carbocycles. The largest absolute Gasteiger partial charge is 0.459 e. The predicted molar refractivity (Wildman–Crippen MR) is 122 cm³/mol. The quantitative estimate of drug-likeness (QED) is 0.658. The van der Waals surface area contributed by atoms with Gasteiger partial charge in [-0.25, -0.2) is 0 Å². The first-order valence-electron chi connectivity index (χ1n) is 10.3. The average Bonchev–Trinajstić information content (AvgIpc) is 3.30. The normalized spacial score (nSPS) is 14.3. The van der Waals surface area contributed by atoms with E-state index in [0.29, 0.717) is 11.3 Å². The maximum atomic E-state index is 12.8. The molecule has 7 heteroatoms. The van der Waals surface area contributed by atoms with Crippen molar-refractivity contribution in [3.63, 3.8) is 0 Å². The highest BCUT2D eigenvalue weighted by Crippen LogP contribution is 2.25. The van der Waals surface area contributed by atoms with Gasteiger partial charge in [-0.15, -0.1) is 0 Å². The molecule has 1 aliphatic heterocycles. The summed E-state index contributed by atoms with van der Waals surface area (Å²) in [6.45, 7) is 6.16. The van der Waals surface area contributed by atoms with E-state index in [4.69, 9.17) is 4.42 Å². The third-order valence-electron chi connectivity index (χ3n) is 5.43. The van der Waals surface area contributed by atoms with Crippen LogP contribution in [0.5, 0.6) is 0 Å². The lowest BCUT2D eigenvalue weighted by molar-refractivity contribution is 0.0993. The lowest BCUT2D eigenvalue weighted by Crippen LogP contribution is -2.44. The molecule has 0 unspecified atom stereocenters. The van der Waals surface area contributed by atoms with Crippen LogP contribution < -0.4 is 15.5 Å². The van der Waals surface area contributed by atoms with Crippen molar-refractivity contribution in [3.8, 4) is 0 Å². The second kappa shape index (κ2) is 9.06. The monoisotopic (exact) mass is 418 g/mol. The number of hydrogen-bond acceptors (Lipinski definition) is 5. The van der Waals surface area contributed by atoms with Gasteiger partial charge in [0.1, 0.15) is 0 Å². The van der Waals surface area contributed by atoms with Crippen molar-refractivity contribution >= 4 is 28.9 Å². The molecule has 2 N–H and O–H groups in total. The first-order chi connectivity index (χ1) is 15.0. The van der Waals surface area contributed by atoms with Gasteiger partial charge in [-0.2, -0.15) is 0 Å². The van der Waals surface area contributed by atoms with Crippen LogP contribution in [-0.2, 0) is 0 Å². The zero-order valence-corrected chi connectivity index (χ0v) is 17.7. The molecule has 4 rings (SSSR count). The van der Waals surface area contributed by atoms with E-state index in [1.807, 2.05) is 12.1 Å². The Kier molecular flexibility index (Phi) is 6.04. The van der Waals surface area contributed by atoms with Crippen LogP contribution in [0.2, 0.25) is 0 Å². The van der Waals surface area contributed by atoms with Crippen LogP contribution in [0.4, 0.5) is 17.1 Å². The second-order valence-electron chi connectivity index (χ2n) is 7.76. The molecule has 0 bridgehead atoms. The van der Waals surface area contributed by atoms with Gasteiger partial charge in [-0.1, -0.05) is 6.07 Å². The van der Waals surface area contributed by atoms with Crippen LogP contribution in [0.3, 0.4) is 0 Å². The number of rotatable bonds is 5. The molecule has 1 aromatic heterocycles. The van der Waals surface area contributed by atoms with Crippen LogP contribution in [-0.4, -0.2) is 49.9 Å². The maximum Gasteiger partial charge on any atom is 0.291 e. The van der Waals surface area contributed by atoms with Gasteiger partial charge in [-0.05, 0) is 68.1 Å². The molecule has 0 atom stereocenters. The molecule has 0 radical (unpaired) electrons. The minimum absolute atomic E-state index is 0.214. The molecule has 0 spiro atoms. The number of furan rings is 1. The van der Waals surface area contributed by atoms with Crippen LogP contribution in [0.25, 0.3) is 0 Å². The molecule has 7 nitrogen and oxygen atoms in total. The van der Waals surface area contributed by atoms with Crippen LogP contribution in [0.15, 0.2) is 65.3 Å². The highest BCUT2D eigenvalue weighted by atomic mass is 16.3. The Morgan fingerprint density at radius 3 is 2.32 bits per heavy atom. The first kappa shape index (κ1) is 20.7. The lowest BCUT2D eigenvalue weighted by Gasteiger charge is -2.35. The van der Waals surface area contributed by atoms with Crippen LogP contribution in [0.1, 0.15) is 26.5 Å². The fourth-order valence-electron chi connectivity index (χ4n) is 3.68. The molecule has 1 aliphatic rings. The SMILES string of the molecule is Cc1cc(NC(=O)c2cccc(NC(=O)c3ccco3)c2)ccc1N1CCN(C)CC1. The van der Waals surface area contributed by atoms with E-state index in [0.717, 1.165) is 37.4 Å². The Labute approximate surface area is 181 Å². The van der Waals surface area contributed by atoms with E-state index in [1.165, 1.54) is 12.0 Å². The van der Waals surface area contributed by atoms with Crippen molar-refractivity contribution < 1.29 is 14.0 Å². The van der Waals surface area contributed by atoms with E-state index in [-0.39, 0.29) is 17.6 Å². The Morgan fingerprint density at radius 1 is 0.871 bits per heavy atom. The van der Waals surface area contributed by atoms with E-state index < -0.39 is 0 Å². The highest BCUT2D eigenvalue weighted by molar-refractivity contribution is 6.06. The van der Waals surface area contributed by atoms with E-state index in [9.17, 15) is 9.59 Å². The minimum Gasteiger partial charge on any atom is -0.459 e. The average molecular weight is 418 g/mol. The van der Waals surface area contributed by atoms with Crippen LogP contribution in [0, 0.1) is 6.92 Å². The van der Waals surface area contributed by atoms with Gasteiger partial charge in [0.05, 0.1) is 6.26 Å².